The van der Waals surface area contributed by atoms with Crippen molar-refractivity contribution in [2.24, 2.45) is 5.92 Å². The zero-order valence-corrected chi connectivity index (χ0v) is 17.7. The Morgan fingerprint density at radius 2 is 1.70 bits per heavy atom. The van der Waals surface area contributed by atoms with Crippen LogP contribution in [0.25, 0.3) is 10.8 Å². The first kappa shape index (κ1) is 21.4. The van der Waals surface area contributed by atoms with Crippen LogP contribution in [-0.4, -0.2) is 29.3 Å². The Morgan fingerprint density at radius 3 is 2.37 bits per heavy atom. The molecule has 1 heterocycles. The van der Waals surface area contributed by atoms with Gasteiger partial charge in [-0.1, -0.05) is 38.1 Å². The molecule has 0 fully saturated rings. The second-order valence-corrected chi connectivity index (χ2v) is 7.21. The average molecular weight is 409 g/mol. The Hall–Kier alpha value is -3.35. The van der Waals surface area contributed by atoms with Gasteiger partial charge in [-0.25, -0.2) is 5.10 Å². The number of carbonyl (C=O) groups excluding carboxylic acids is 1. The average Bonchev–Trinajstić information content (AvgIpc) is 2.74. The number of hydrogen-bond acceptors (Lipinski definition) is 5. The molecule has 3 rings (SSSR count). The van der Waals surface area contributed by atoms with Gasteiger partial charge in [-0.3, -0.25) is 9.59 Å². The van der Waals surface area contributed by atoms with Crippen molar-refractivity contribution in [3.63, 3.8) is 0 Å². The van der Waals surface area contributed by atoms with Gasteiger partial charge in [-0.05, 0) is 43.5 Å². The molecule has 1 amide bonds. The van der Waals surface area contributed by atoms with Gasteiger partial charge < -0.3 is 14.8 Å². The van der Waals surface area contributed by atoms with Crippen molar-refractivity contribution in [1.29, 1.82) is 0 Å². The molecule has 0 radical (unpaired) electrons. The predicted octanol–water partition coefficient (Wildman–Crippen LogP) is 3.85. The quantitative estimate of drug-likeness (QED) is 0.589. The minimum Gasteiger partial charge on any atom is -0.490 e. The molecule has 2 aromatic carbocycles. The number of nitrogens with zero attached hydrogens (tertiary/aromatic N) is 1. The Balaban J connectivity index is 1.95. The number of aromatic amines is 1. The number of rotatable bonds is 8. The third-order valence-electron chi connectivity index (χ3n) is 4.79. The molecule has 0 spiro atoms. The van der Waals surface area contributed by atoms with Crippen molar-refractivity contribution in [1.82, 2.24) is 15.5 Å². The summed E-state index contributed by atoms with van der Waals surface area (Å²) >= 11 is 0. The SMILES string of the molecule is CCOc1ccc(C(NC(=O)c2n[nH]c(=O)c3ccccc23)C(C)C)cc1OCC. The molecule has 7 heteroatoms. The van der Waals surface area contributed by atoms with Crippen LogP contribution in [0.3, 0.4) is 0 Å². The fourth-order valence-electron chi connectivity index (χ4n) is 3.39. The van der Waals surface area contributed by atoms with Crippen LogP contribution in [0.15, 0.2) is 47.3 Å². The number of fused-ring (bicyclic) bond motifs is 1. The fraction of sp³-hybridized carbons (Fsp3) is 0.348. The monoisotopic (exact) mass is 409 g/mol. The van der Waals surface area contributed by atoms with E-state index in [0.29, 0.717) is 35.5 Å². The van der Waals surface area contributed by atoms with Gasteiger partial charge in [0.1, 0.15) is 0 Å². The van der Waals surface area contributed by atoms with Crippen molar-refractivity contribution in [2.45, 2.75) is 33.7 Å². The number of nitrogens with one attached hydrogen (secondary N) is 2. The summed E-state index contributed by atoms with van der Waals surface area (Å²) in [6.07, 6.45) is 0. The number of hydrogen-bond donors (Lipinski definition) is 2. The Kier molecular flexibility index (Phi) is 6.72. The molecule has 7 nitrogen and oxygen atoms in total. The molecule has 30 heavy (non-hydrogen) atoms. The number of ether oxygens (including phenoxy) is 2. The molecular weight excluding hydrogens is 382 g/mol. The van der Waals surface area contributed by atoms with Crippen LogP contribution in [0.1, 0.15) is 49.8 Å². The van der Waals surface area contributed by atoms with E-state index in [2.05, 4.69) is 15.5 Å². The number of carbonyl (C=O) groups is 1. The van der Waals surface area contributed by atoms with E-state index >= 15 is 0 Å². The van der Waals surface area contributed by atoms with E-state index in [0.717, 1.165) is 5.56 Å². The second kappa shape index (κ2) is 9.43. The molecule has 1 aromatic heterocycles. The first-order chi connectivity index (χ1) is 14.5. The predicted molar refractivity (Wildman–Crippen MR) is 116 cm³/mol. The van der Waals surface area contributed by atoms with E-state index in [-0.39, 0.29) is 29.1 Å². The summed E-state index contributed by atoms with van der Waals surface area (Å²) in [6.45, 7) is 8.93. The minimum atomic E-state index is -0.354. The van der Waals surface area contributed by atoms with E-state index in [1.807, 2.05) is 45.9 Å². The van der Waals surface area contributed by atoms with Gasteiger partial charge in [-0.15, -0.1) is 0 Å². The molecule has 3 aromatic rings. The largest absolute Gasteiger partial charge is 0.490 e. The van der Waals surface area contributed by atoms with Crippen molar-refractivity contribution < 1.29 is 14.3 Å². The lowest BCUT2D eigenvalue weighted by Crippen LogP contribution is -2.33. The lowest BCUT2D eigenvalue weighted by molar-refractivity contribution is 0.0921. The Bertz CT molecular complexity index is 1090. The second-order valence-electron chi connectivity index (χ2n) is 7.21. The topological polar surface area (TPSA) is 93.3 Å². The number of benzene rings is 2. The third-order valence-corrected chi connectivity index (χ3v) is 4.79. The maximum atomic E-state index is 13.1. The summed E-state index contributed by atoms with van der Waals surface area (Å²) in [5.74, 6) is 1.07. The molecule has 0 aliphatic heterocycles. The first-order valence-electron chi connectivity index (χ1n) is 10.1. The standard InChI is InChI=1S/C23H27N3O4/c1-5-29-18-12-11-15(13-19(18)30-6-2)20(14(3)4)24-23(28)21-16-9-7-8-10-17(16)22(27)26-25-21/h7-14,20H,5-6H2,1-4H3,(H,24,28)(H,26,27). The van der Waals surface area contributed by atoms with Crippen LogP contribution < -0.4 is 20.3 Å². The highest BCUT2D eigenvalue weighted by atomic mass is 16.5. The van der Waals surface area contributed by atoms with Crippen LogP contribution in [0.4, 0.5) is 0 Å². The maximum Gasteiger partial charge on any atom is 0.272 e. The number of amides is 1. The summed E-state index contributed by atoms with van der Waals surface area (Å²) in [5, 5.41) is 10.4. The summed E-state index contributed by atoms with van der Waals surface area (Å²) in [6, 6.07) is 12.3. The molecule has 2 N–H and O–H groups in total. The van der Waals surface area contributed by atoms with Gasteiger partial charge in [0.2, 0.25) is 0 Å². The highest BCUT2D eigenvalue weighted by Crippen LogP contribution is 2.33. The smallest absolute Gasteiger partial charge is 0.272 e. The number of aromatic nitrogens is 2. The molecule has 0 bridgehead atoms. The van der Waals surface area contributed by atoms with E-state index in [1.165, 1.54) is 0 Å². The van der Waals surface area contributed by atoms with Crippen molar-refractivity contribution in [2.75, 3.05) is 13.2 Å². The van der Waals surface area contributed by atoms with Crippen LogP contribution >= 0.6 is 0 Å². The summed E-state index contributed by atoms with van der Waals surface area (Å²) in [5.41, 5.74) is 0.765. The van der Waals surface area contributed by atoms with Crippen molar-refractivity contribution in [3.05, 3.63) is 64.1 Å². The van der Waals surface area contributed by atoms with Crippen LogP contribution in [0.2, 0.25) is 0 Å². The van der Waals surface area contributed by atoms with Crippen molar-refractivity contribution >= 4 is 16.7 Å². The molecule has 1 atom stereocenters. The highest BCUT2D eigenvalue weighted by Gasteiger charge is 2.23. The summed E-state index contributed by atoms with van der Waals surface area (Å²) in [7, 11) is 0. The summed E-state index contributed by atoms with van der Waals surface area (Å²) < 4.78 is 11.4. The first-order valence-corrected chi connectivity index (χ1v) is 10.1. The molecule has 158 valence electrons. The highest BCUT2D eigenvalue weighted by molar-refractivity contribution is 6.04. The van der Waals surface area contributed by atoms with E-state index in [1.54, 1.807) is 24.3 Å². The molecule has 0 saturated heterocycles. The summed E-state index contributed by atoms with van der Waals surface area (Å²) in [4.78, 5) is 25.1. The Morgan fingerprint density at radius 1 is 1.03 bits per heavy atom. The lowest BCUT2D eigenvalue weighted by Gasteiger charge is -2.24. The fourth-order valence-corrected chi connectivity index (χ4v) is 3.39. The van der Waals surface area contributed by atoms with Gasteiger partial charge in [-0.2, -0.15) is 5.10 Å². The molecule has 1 unspecified atom stereocenters. The van der Waals surface area contributed by atoms with Crippen molar-refractivity contribution in [3.8, 4) is 11.5 Å². The van der Waals surface area contributed by atoms with Gasteiger partial charge in [0, 0.05) is 5.39 Å². The molecule has 0 aliphatic rings. The van der Waals surface area contributed by atoms with E-state index < -0.39 is 0 Å². The zero-order valence-electron chi connectivity index (χ0n) is 17.7. The van der Waals surface area contributed by atoms with Crippen LogP contribution in [-0.2, 0) is 0 Å². The lowest BCUT2D eigenvalue weighted by atomic mass is 9.95. The third kappa shape index (κ3) is 4.45. The molecule has 0 aliphatic carbocycles. The maximum absolute atomic E-state index is 13.1. The van der Waals surface area contributed by atoms with Gasteiger partial charge in [0.25, 0.3) is 11.5 Å². The van der Waals surface area contributed by atoms with E-state index in [4.69, 9.17) is 9.47 Å². The van der Waals surface area contributed by atoms with Crippen LogP contribution in [0.5, 0.6) is 11.5 Å². The van der Waals surface area contributed by atoms with E-state index in [9.17, 15) is 9.59 Å². The zero-order chi connectivity index (χ0) is 21.7. The van der Waals surface area contributed by atoms with Crippen LogP contribution in [0, 0.1) is 5.92 Å². The number of H-pyrrole nitrogens is 1. The molecular formula is C23H27N3O4. The molecule has 0 saturated carbocycles. The van der Waals surface area contributed by atoms with Gasteiger partial charge in [0.15, 0.2) is 17.2 Å². The minimum absolute atomic E-state index is 0.107. The van der Waals surface area contributed by atoms with Gasteiger partial charge >= 0.3 is 0 Å². The normalized spacial score (nSPS) is 12.0. The Labute approximate surface area is 175 Å². The van der Waals surface area contributed by atoms with Gasteiger partial charge in [0.05, 0.1) is 24.6 Å².